The third kappa shape index (κ3) is 2.87. The fraction of sp³-hybridized carbons (Fsp3) is 0.471. The van der Waals surface area contributed by atoms with Gasteiger partial charge in [-0.25, -0.2) is 0 Å². The van der Waals surface area contributed by atoms with E-state index in [2.05, 4.69) is 10.1 Å². The van der Waals surface area contributed by atoms with Crippen LogP contribution in [-0.2, 0) is 12.1 Å². The van der Waals surface area contributed by atoms with Crippen LogP contribution in [0.2, 0.25) is 0 Å². The van der Waals surface area contributed by atoms with Gasteiger partial charge in [0.1, 0.15) is 11.4 Å². The number of rotatable bonds is 5. The number of likely N-dealkylation sites (tertiary alicyclic amines) is 1. The van der Waals surface area contributed by atoms with Gasteiger partial charge in [0.25, 0.3) is 0 Å². The van der Waals surface area contributed by atoms with Crippen LogP contribution in [0.3, 0.4) is 0 Å². The first-order chi connectivity index (χ1) is 10.6. The van der Waals surface area contributed by atoms with Gasteiger partial charge in [-0.3, -0.25) is 4.90 Å². The van der Waals surface area contributed by atoms with Crippen molar-refractivity contribution in [1.82, 2.24) is 10.1 Å². The lowest BCUT2D eigenvalue weighted by Gasteiger charge is -2.36. The summed E-state index contributed by atoms with van der Waals surface area (Å²) in [5.41, 5.74) is -0.00855. The number of aromatic nitrogens is 1. The third-order valence-electron chi connectivity index (χ3n) is 4.54. The van der Waals surface area contributed by atoms with Gasteiger partial charge in [0.2, 0.25) is 0 Å². The van der Waals surface area contributed by atoms with Gasteiger partial charge in [0.15, 0.2) is 5.76 Å². The summed E-state index contributed by atoms with van der Waals surface area (Å²) < 4.78 is 10.4. The Morgan fingerprint density at radius 3 is 2.77 bits per heavy atom. The van der Waals surface area contributed by atoms with E-state index in [1.807, 2.05) is 37.3 Å². The highest BCUT2D eigenvalue weighted by Crippen LogP contribution is 2.36. The van der Waals surface area contributed by atoms with E-state index >= 15 is 0 Å². The first-order valence-corrected chi connectivity index (χ1v) is 7.62. The van der Waals surface area contributed by atoms with E-state index in [-0.39, 0.29) is 6.04 Å². The molecule has 0 unspecified atom stereocenters. The molecule has 1 aromatic carbocycles. The van der Waals surface area contributed by atoms with E-state index in [1.165, 1.54) is 0 Å². The molecule has 0 spiro atoms. The first kappa shape index (κ1) is 15.1. The summed E-state index contributed by atoms with van der Waals surface area (Å²) in [6.07, 6.45) is 3.69. The molecule has 2 aromatic rings. The molecule has 0 amide bonds. The molecule has 1 aromatic heterocycles. The smallest absolute Gasteiger partial charge is 0.150 e. The fourth-order valence-electron chi connectivity index (χ4n) is 3.30. The van der Waals surface area contributed by atoms with Crippen LogP contribution in [0.15, 0.2) is 41.1 Å². The first-order valence-electron chi connectivity index (χ1n) is 7.62. The number of hydrogen-bond donors (Lipinski definition) is 1. The van der Waals surface area contributed by atoms with Crippen molar-refractivity contribution in [2.75, 3.05) is 13.7 Å². The predicted molar refractivity (Wildman–Crippen MR) is 82.5 cm³/mol. The zero-order chi connectivity index (χ0) is 15.6. The molecule has 2 heterocycles. The van der Waals surface area contributed by atoms with E-state index in [4.69, 9.17) is 9.26 Å². The Labute approximate surface area is 130 Å². The minimum atomic E-state index is -0.914. The van der Waals surface area contributed by atoms with Crippen LogP contribution in [0.4, 0.5) is 0 Å². The molecule has 1 aliphatic heterocycles. The second-order valence-electron chi connectivity index (χ2n) is 5.98. The van der Waals surface area contributed by atoms with Crippen molar-refractivity contribution in [2.24, 2.45) is 0 Å². The van der Waals surface area contributed by atoms with Crippen molar-refractivity contribution in [3.05, 3.63) is 47.9 Å². The van der Waals surface area contributed by atoms with Crippen LogP contribution in [0.5, 0.6) is 5.75 Å². The van der Waals surface area contributed by atoms with Gasteiger partial charge in [-0.1, -0.05) is 17.3 Å². The van der Waals surface area contributed by atoms with Crippen LogP contribution in [0.1, 0.15) is 31.1 Å². The number of nitrogens with zero attached hydrogens (tertiary/aromatic N) is 2. The maximum Gasteiger partial charge on any atom is 0.150 e. The summed E-state index contributed by atoms with van der Waals surface area (Å²) in [7, 11) is 1.64. The van der Waals surface area contributed by atoms with Gasteiger partial charge in [0, 0.05) is 12.1 Å². The molecule has 0 bridgehead atoms. The summed E-state index contributed by atoms with van der Waals surface area (Å²) in [5, 5.41) is 14.9. The number of benzene rings is 1. The van der Waals surface area contributed by atoms with Crippen LogP contribution in [0, 0.1) is 0 Å². The van der Waals surface area contributed by atoms with Crippen LogP contribution in [0.25, 0.3) is 0 Å². The van der Waals surface area contributed by atoms with Crippen molar-refractivity contribution >= 4 is 0 Å². The lowest BCUT2D eigenvalue weighted by Crippen LogP contribution is -2.45. The molecular formula is C17H22N2O3. The van der Waals surface area contributed by atoms with Gasteiger partial charge in [-0.15, -0.1) is 0 Å². The molecule has 22 heavy (non-hydrogen) atoms. The molecule has 0 radical (unpaired) electrons. The third-order valence-corrected chi connectivity index (χ3v) is 4.54. The van der Waals surface area contributed by atoms with E-state index in [0.717, 1.165) is 36.5 Å². The number of methoxy groups -OCH3 is 1. The van der Waals surface area contributed by atoms with Crippen molar-refractivity contribution in [3.63, 3.8) is 0 Å². The number of ether oxygens (including phenoxy) is 1. The van der Waals surface area contributed by atoms with Crippen molar-refractivity contribution < 1.29 is 14.4 Å². The van der Waals surface area contributed by atoms with Gasteiger partial charge < -0.3 is 14.4 Å². The molecule has 1 saturated heterocycles. The Hall–Kier alpha value is -1.85. The lowest BCUT2D eigenvalue weighted by atomic mass is 9.86. The van der Waals surface area contributed by atoms with Crippen LogP contribution in [-0.4, -0.2) is 34.9 Å². The highest BCUT2D eigenvalue weighted by Gasteiger charge is 2.40. The summed E-state index contributed by atoms with van der Waals surface area (Å²) in [4.78, 5) is 2.27. The van der Waals surface area contributed by atoms with Crippen LogP contribution < -0.4 is 4.74 Å². The maximum absolute atomic E-state index is 11.1. The van der Waals surface area contributed by atoms with E-state index < -0.39 is 5.60 Å². The molecule has 0 aliphatic carbocycles. The van der Waals surface area contributed by atoms with Gasteiger partial charge >= 0.3 is 0 Å². The maximum atomic E-state index is 11.1. The SMILES string of the molecule is COc1ccc([C@](C)(O)[C@H]2CCCN2Cc2ccno2)cc1. The fourth-order valence-corrected chi connectivity index (χ4v) is 3.30. The Morgan fingerprint density at radius 2 is 2.14 bits per heavy atom. The second-order valence-corrected chi connectivity index (χ2v) is 5.98. The number of hydrogen-bond acceptors (Lipinski definition) is 5. The molecule has 2 atom stereocenters. The standard InChI is InChI=1S/C17H22N2O3/c1-17(20,13-5-7-14(21-2)8-6-13)16-4-3-11-19(16)12-15-9-10-18-22-15/h5-10,16,20H,3-4,11-12H2,1-2H3/t16-,17+/m1/s1. The molecule has 0 saturated carbocycles. The average Bonchev–Trinajstić information content (AvgIpc) is 3.20. The molecule has 1 aliphatic rings. The summed E-state index contributed by atoms with van der Waals surface area (Å²) in [5.74, 6) is 1.63. The van der Waals surface area contributed by atoms with Gasteiger partial charge in [-0.05, 0) is 44.0 Å². The average molecular weight is 302 g/mol. The Bertz CT molecular complexity index is 593. The molecule has 1 N–H and O–H groups in total. The molecule has 1 fully saturated rings. The topological polar surface area (TPSA) is 58.7 Å². The molecule has 5 heteroatoms. The van der Waals surface area contributed by atoms with Crippen LogP contribution >= 0.6 is 0 Å². The second kappa shape index (κ2) is 6.10. The largest absolute Gasteiger partial charge is 0.497 e. The van der Waals surface area contributed by atoms with Crippen molar-refractivity contribution in [2.45, 2.75) is 38.0 Å². The molecule has 118 valence electrons. The summed E-state index contributed by atoms with van der Waals surface area (Å²) >= 11 is 0. The monoisotopic (exact) mass is 302 g/mol. The molecular weight excluding hydrogens is 280 g/mol. The highest BCUT2D eigenvalue weighted by molar-refractivity contribution is 5.31. The Balaban J connectivity index is 1.79. The van der Waals surface area contributed by atoms with E-state index in [9.17, 15) is 5.11 Å². The lowest BCUT2D eigenvalue weighted by molar-refractivity contribution is -0.0274. The quantitative estimate of drug-likeness (QED) is 0.920. The zero-order valence-corrected chi connectivity index (χ0v) is 13.0. The normalized spacial score (nSPS) is 21.7. The van der Waals surface area contributed by atoms with Crippen molar-refractivity contribution in [3.8, 4) is 5.75 Å². The number of aliphatic hydroxyl groups is 1. The molecule has 5 nitrogen and oxygen atoms in total. The summed E-state index contributed by atoms with van der Waals surface area (Å²) in [6.45, 7) is 3.52. The van der Waals surface area contributed by atoms with E-state index in [1.54, 1.807) is 13.3 Å². The Morgan fingerprint density at radius 1 is 1.36 bits per heavy atom. The highest BCUT2D eigenvalue weighted by atomic mass is 16.5. The minimum Gasteiger partial charge on any atom is -0.497 e. The van der Waals surface area contributed by atoms with Gasteiger partial charge in [0.05, 0.1) is 19.9 Å². The zero-order valence-electron chi connectivity index (χ0n) is 13.0. The summed E-state index contributed by atoms with van der Waals surface area (Å²) in [6, 6.07) is 9.58. The molecule has 3 rings (SSSR count). The predicted octanol–water partition coefficient (Wildman–Crippen LogP) is 2.56. The van der Waals surface area contributed by atoms with Crippen molar-refractivity contribution in [1.29, 1.82) is 0 Å². The van der Waals surface area contributed by atoms with Gasteiger partial charge in [-0.2, -0.15) is 0 Å². The van der Waals surface area contributed by atoms with E-state index in [0.29, 0.717) is 6.54 Å². The Kier molecular flexibility index (Phi) is 4.18. The minimum absolute atomic E-state index is 0.0611.